The molecule has 0 aliphatic heterocycles. The number of hydrogen-bond donors (Lipinski definition) is 3. The minimum atomic E-state index is -0.297. The van der Waals surface area contributed by atoms with Gasteiger partial charge in [0.2, 0.25) is 0 Å². The van der Waals surface area contributed by atoms with E-state index in [0.29, 0.717) is 12.6 Å². The van der Waals surface area contributed by atoms with Crippen LogP contribution in [0.3, 0.4) is 0 Å². The van der Waals surface area contributed by atoms with Crippen molar-refractivity contribution in [3.63, 3.8) is 0 Å². The molecule has 5 nitrogen and oxygen atoms in total. The van der Waals surface area contributed by atoms with Gasteiger partial charge in [-0.05, 0) is 52.6 Å². The molecule has 2 aliphatic rings. The molecule has 128 valence electrons. The van der Waals surface area contributed by atoms with Gasteiger partial charge in [0.25, 0.3) is 0 Å². The van der Waals surface area contributed by atoms with Gasteiger partial charge < -0.3 is 20.6 Å². The zero-order valence-electron chi connectivity index (χ0n) is 14.4. The molecule has 3 N–H and O–H groups in total. The molecule has 0 radical (unpaired) electrons. The Labute approximate surface area is 134 Å². The van der Waals surface area contributed by atoms with Crippen molar-refractivity contribution in [2.45, 2.75) is 76.5 Å². The third-order valence-corrected chi connectivity index (χ3v) is 5.64. The number of urea groups is 1. The van der Waals surface area contributed by atoms with Gasteiger partial charge in [0, 0.05) is 24.0 Å². The number of nitrogens with one attached hydrogen (secondary N) is 2. The van der Waals surface area contributed by atoms with Gasteiger partial charge in [0.15, 0.2) is 0 Å². The van der Waals surface area contributed by atoms with Crippen molar-refractivity contribution in [1.82, 2.24) is 15.5 Å². The summed E-state index contributed by atoms with van der Waals surface area (Å²) in [6, 6.07) is 0.755. The van der Waals surface area contributed by atoms with Gasteiger partial charge in [-0.15, -0.1) is 0 Å². The molecule has 2 aliphatic carbocycles. The molecule has 2 fully saturated rings. The van der Waals surface area contributed by atoms with E-state index in [1.165, 1.54) is 12.8 Å². The summed E-state index contributed by atoms with van der Waals surface area (Å²) in [6.07, 6.45) is 8.27. The maximum atomic E-state index is 12.2. The monoisotopic (exact) mass is 311 g/mol. The Kier molecular flexibility index (Phi) is 6.09. The number of aliphatic hydroxyl groups excluding tert-OH is 1. The normalized spacial score (nSPS) is 36.1. The van der Waals surface area contributed by atoms with Crippen LogP contribution in [-0.2, 0) is 0 Å². The Morgan fingerprint density at radius 2 is 2.00 bits per heavy atom. The predicted octanol–water partition coefficient (Wildman–Crippen LogP) is 2.10. The van der Waals surface area contributed by atoms with Crippen molar-refractivity contribution >= 4 is 6.03 Å². The minimum absolute atomic E-state index is 0.0802. The van der Waals surface area contributed by atoms with Crippen LogP contribution < -0.4 is 10.6 Å². The van der Waals surface area contributed by atoms with E-state index in [-0.39, 0.29) is 23.6 Å². The summed E-state index contributed by atoms with van der Waals surface area (Å²) in [7, 11) is 4.22. The summed E-state index contributed by atoms with van der Waals surface area (Å²) in [5.41, 5.74) is -0.172. The van der Waals surface area contributed by atoms with Gasteiger partial charge in [-0.1, -0.05) is 19.8 Å². The van der Waals surface area contributed by atoms with Crippen molar-refractivity contribution in [3.05, 3.63) is 0 Å². The Bertz CT molecular complexity index is 375. The van der Waals surface area contributed by atoms with Crippen LogP contribution in [0.15, 0.2) is 0 Å². The van der Waals surface area contributed by atoms with Crippen molar-refractivity contribution in [1.29, 1.82) is 0 Å². The Hall–Kier alpha value is -0.810. The highest BCUT2D eigenvalue weighted by Gasteiger charge is 2.35. The van der Waals surface area contributed by atoms with Crippen LogP contribution in [0.1, 0.15) is 58.3 Å². The molecule has 2 rings (SSSR count). The lowest BCUT2D eigenvalue weighted by atomic mass is 9.73. The molecule has 0 aromatic carbocycles. The van der Waals surface area contributed by atoms with E-state index in [2.05, 4.69) is 36.6 Å². The Morgan fingerprint density at radius 1 is 1.23 bits per heavy atom. The van der Waals surface area contributed by atoms with Gasteiger partial charge >= 0.3 is 6.03 Å². The highest BCUT2D eigenvalue weighted by molar-refractivity contribution is 5.74. The SMILES string of the molecule is CN(C)C1CCCC(NC(=O)NCC2(C)CCCCC2O)C1. The Balaban J connectivity index is 1.75. The lowest BCUT2D eigenvalue weighted by molar-refractivity contribution is 0.00301. The maximum absolute atomic E-state index is 12.2. The molecular formula is C17H33N3O2. The molecule has 0 spiro atoms. The van der Waals surface area contributed by atoms with Gasteiger partial charge in [-0.25, -0.2) is 4.79 Å². The summed E-state index contributed by atoms with van der Waals surface area (Å²) < 4.78 is 0. The second-order valence-electron chi connectivity index (χ2n) is 7.72. The fraction of sp³-hybridized carbons (Fsp3) is 0.941. The number of aliphatic hydroxyl groups is 1. The molecule has 0 saturated heterocycles. The molecule has 5 heteroatoms. The fourth-order valence-corrected chi connectivity index (χ4v) is 3.87. The van der Waals surface area contributed by atoms with Crippen LogP contribution >= 0.6 is 0 Å². The van der Waals surface area contributed by atoms with Gasteiger partial charge in [0.1, 0.15) is 0 Å². The zero-order valence-corrected chi connectivity index (χ0v) is 14.4. The smallest absolute Gasteiger partial charge is 0.315 e. The number of carbonyl (C=O) groups is 1. The molecule has 4 unspecified atom stereocenters. The van der Waals surface area contributed by atoms with Gasteiger partial charge in [0.05, 0.1) is 6.10 Å². The number of nitrogens with zero attached hydrogens (tertiary/aromatic N) is 1. The average molecular weight is 311 g/mol. The lowest BCUT2D eigenvalue weighted by Gasteiger charge is -2.39. The van der Waals surface area contributed by atoms with Crippen LogP contribution in [0, 0.1) is 5.41 Å². The molecule has 4 atom stereocenters. The van der Waals surface area contributed by atoms with E-state index in [9.17, 15) is 9.90 Å². The van der Waals surface area contributed by atoms with Crippen LogP contribution in [0.4, 0.5) is 4.79 Å². The van der Waals surface area contributed by atoms with Crippen molar-refractivity contribution in [2.24, 2.45) is 5.41 Å². The number of hydrogen-bond acceptors (Lipinski definition) is 3. The predicted molar refractivity (Wildman–Crippen MR) is 88.8 cm³/mol. The number of carbonyl (C=O) groups excluding carboxylic acids is 1. The van der Waals surface area contributed by atoms with E-state index >= 15 is 0 Å². The number of amides is 2. The van der Waals surface area contributed by atoms with Crippen molar-refractivity contribution in [2.75, 3.05) is 20.6 Å². The van der Waals surface area contributed by atoms with E-state index in [4.69, 9.17) is 0 Å². The van der Waals surface area contributed by atoms with E-state index in [1.807, 2.05) is 0 Å². The molecule has 2 saturated carbocycles. The van der Waals surface area contributed by atoms with Crippen LogP contribution in [-0.4, -0.2) is 54.9 Å². The maximum Gasteiger partial charge on any atom is 0.315 e. The van der Waals surface area contributed by atoms with Crippen molar-refractivity contribution < 1.29 is 9.90 Å². The van der Waals surface area contributed by atoms with E-state index in [0.717, 1.165) is 38.5 Å². The first-order chi connectivity index (χ1) is 10.4. The van der Waals surface area contributed by atoms with Crippen LogP contribution in [0.25, 0.3) is 0 Å². The first-order valence-electron chi connectivity index (χ1n) is 8.79. The highest BCUT2D eigenvalue weighted by Crippen LogP contribution is 2.35. The second kappa shape index (κ2) is 7.64. The molecule has 0 bridgehead atoms. The molecule has 0 aromatic heterocycles. The average Bonchev–Trinajstić information content (AvgIpc) is 2.49. The van der Waals surface area contributed by atoms with Gasteiger partial charge in [-0.3, -0.25) is 0 Å². The second-order valence-corrected chi connectivity index (χ2v) is 7.72. The largest absolute Gasteiger partial charge is 0.392 e. The fourth-order valence-electron chi connectivity index (χ4n) is 3.87. The molecular weight excluding hydrogens is 278 g/mol. The van der Waals surface area contributed by atoms with Crippen LogP contribution in [0.2, 0.25) is 0 Å². The highest BCUT2D eigenvalue weighted by atomic mass is 16.3. The van der Waals surface area contributed by atoms with Gasteiger partial charge in [-0.2, -0.15) is 0 Å². The summed E-state index contributed by atoms with van der Waals surface area (Å²) in [5.74, 6) is 0. The standard InChI is InChI=1S/C17H33N3O2/c1-17(10-5-4-9-15(17)21)12-18-16(22)19-13-7-6-8-14(11-13)20(2)3/h13-15,21H,4-12H2,1-3H3,(H2,18,19,22). The summed E-state index contributed by atoms with van der Waals surface area (Å²) in [4.78, 5) is 14.4. The van der Waals surface area contributed by atoms with E-state index < -0.39 is 0 Å². The Morgan fingerprint density at radius 3 is 2.68 bits per heavy atom. The molecule has 0 aromatic rings. The summed E-state index contributed by atoms with van der Waals surface area (Å²) in [6.45, 7) is 2.64. The quantitative estimate of drug-likeness (QED) is 0.745. The summed E-state index contributed by atoms with van der Waals surface area (Å²) >= 11 is 0. The molecule has 0 heterocycles. The lowest BCUT2D eigenvalue weighted by Crippen LogP contribution is -2.51. The van der Waals surface area contributed by atoms with Crippen LogP contribution in [0.5, 0.6) is 0 Å². The first kappa shape index (κ1) is 17.5. The van der Waals surface area contributed by atoms with Crippen molar-refractivity contribution in [3.8, 4) is 0 Å². The zero-order chi connectivity index (χ0) is 16.2. The molecule has 2 amide bonds. The third-order valence-electron chi connectivity index (χ3n) is 5.64. The first-order valence-corrected chi connectivity index (χ1v) is 8.79. The number of rotatable bonds is 4. The summed E-state index contributed by atoms with van der Waals surface area (Å²) in [5, 5.41) is 16.3. The minimum Gasteiger partial charge on any atom is -0.392 e. The third kappa shape index (κ3) is 4.59. The molecule has 22 heavy (non-hydrogen) atoms. The van der Waals surface area contributed by atoms with E-state index in [1.54, 1.807) is 0 Å². The topological polar surface area (TPSA) is 64.6 Å².